The van der Waals surface area contributed by atoms with E-state index < -0.39 is 23.7 Å². The number of carbonyl (C=O) groups is 1. The molecule has 0 saturated carbocycles. The van der Waals surface area contributed by atoms with E-state index in [1.54, 1.807) is 20.8 Å². The number of anilines is 1. The van der Waals surface area contributed by atoms with Gasteiger partial charge in [-0.3, -0.25) is 4.84 Å². The summed E-state index contributed by atoms with van der Waals surface area (Å²) in [4.78, 5) is 26.4. The smallest absolute Gasteiger partial charge is 0.352 e. The number of aromatic nitrogens is 2. The molecule has 0 radical (unpaired) electrons. The first kappa shape index (κ1) is 15.2. The van der Waals surface area contributed by atoms with Gasteiger partial charge in [-0.25, -0.2) is 19.7 Å². The SMILES string of the molecule is CON1C(=O)N(c2cc(C(C)(C)C#N)ncn2)C(O)C1C. The van der Waals surface area contributed by atoms with Gasteiger partial charge in [0.1, 0.15) is 18.2 Å². The molecule has 2 heterocycles. The van der Waals surface area contributed by atoms with Crippen molar-refractivity contribution in [3.63, 3.8) is 0 Å². The molecule has 1 aliphatic rings. The zero-order chi connectivity index (χ0) is 15.8. The lowest BCUT2D eigenvalue weighted by Crippen LogP contribution is -2.36. The van der Waals surface area contributed by atoms with Crippen molar-refractivity contribution in [3.8, 4) is 6.07 Å². The van der Waals surface area contributed by atoms with Crippen LogP contribution in [0.1, 0.15) is 26.5 Å². The third-order valence-corrected chi connectivity index (χ3v) is 3.48. The van der Waals surface area contributed by atoms with Gasteiger partial charge in [0.2, 0.25) is 0 Å². The molecular formula is C13H17N5O3. The molecular weight excluding hydrogens is 274 g/mol. The molecule has 8 nitrogen and oxygen atoms in total. The lowest BCUT2D eigenvalue weighted by molar-refractivity contribution is -0.111. The van der Waals surface area contributed by atoms with E-state index in [4.69, 9.17) is 10.1 Å². The van der Waals surface area contributed by atoms with Crippen molar-refractivity contribution in [1.29, 1.82) is 5.26 Å². The molecule has 0 aromatic carbocycles. The highest BCUT2D eigenvalue weighted by atomic mass is 16.7. The van der Waals surface area contributed by atoms with Gasteiger partial charge in [0.05, 0.1) is 24.3 Å². The van der Waals surface area contributed by atoms with Crippen molar-refractivity contribution in [2.24, 2.45) is 0 Å². The standard InChI is InChI=1S/C13H17N5O3/c1-8-11(19)17(12(20)18(8)21-4)10-5-9(15-7-16-10)13(2,3)6-14/h5,7-8,11,19H,1-4H3. The van der Waals surface area contributed by atoms with Crippen molar-refractivity contribution in [3.05, 3.63) is 18.1 Å². The molecule has 8 heteroatoms. The van der Waals surface area contributed by atoms with Crippen LogP contribution in [-0.2, 0) is 10.3 Å². The van der Waals surface area contributed by atoms with Crippen molar-refractivity contribution in [2.45, 2.75) is 38.5 Å². The number of carbonyl (C=O) groups excluding carboxylic acids is 1. The number of aliphatic hydroxyl groups is 1. The van der Waals surface area contributed by atoms with Crippen molar-refractivity contribution in [1.82, 2.24) is 15.0 Å². The van der Waals surface area contributed by atoms with Crippen molar-refractivity contribution in [2.75, 3.05) is 12.0 Å². The van der Waals surface area contributed by atoms with E-state index in [-0.39, 0.29) is 5.82 Å². The fraction of sp³-hybridized carbons (Fsp3) is 0.538. The molecule has 2 rings (SSSR count). The Bertz CT molecular complexity index is 598. The first-order chi connectivity index (χ1) is 9.83. The predicted octanol–water partition coefficient (Wildman–Crippen LogP) is 0.788. The van der Waals surface area contributed by atoms with Gasteiger partial charge in [0.15, 0.2) is 6.23 Å². The maximum atomic E-state index is 12.2. The molecule has 1 aromatic rings. The van der Waals surface area contributed by atoms with E-state index in [1.165, 1.54) is 19.5 Å². The Balaban J connectivity index is 2.42. The summed E-state index contributed by atoms with van der Waals surface area (Å²) in [5.74, 6) is 0.229. The average Bonchev–Trinajstić information content (AvgIpc) is 2.69. The fourth-order valence-electron chi connectivity index (χ4n) is 2.09. The minimum Gasteiger partial charge on any atom is -0.371 e. The molecule has 1 aromatic heterocycles. The summed E-state index contributed by atoms with van der Waals surface area (Å²) in [7, 11) is 1.36. The molecule has 2 unspecified atom stereocenters. The van der Waals surface area contributed by atoms with Gasteiger partial charge in [-0.2, -0.15) is 10.3 Å². The molecule has 0 aliphatic carbocycles. The van der Waals surface area contributed by atoms with Crippen LogP contribution < -0.4 is 4.90 Å². The van der Waals surface area contributed by atoms with Crippen molar-refractivity contribution < 1.29 is 14.7 Å². The maximum Gasteiger partial charge on any atom is 0.352 e. The number of rotatable bonds is 3. The lowest BCUT2D eigenvalue weighted by atomic mass is 9.91. The Morgan fingerprint density at radius 1 is 1.48 bits per heavy atom. The summed E-state index contributed by atoms with van der Waals surface area (Å²) in [6.07, 6.45) is 0.176. The highest BCUT2D eigenvalue weighted by Crippen LogP contribution is 2.29. The van der Waals surface area contributed by atoms with Crippen LogP contribution in [0.25, 0.3) is 0 Å². The second kappa shape index (κ2) is 5.27. The van der Waals surface area contributed by atoms with Gasteiger partial charge in [-0.15, -0.1) is 0 Å². The van der Waals surface area contributed by atoms with Gasteiger partial charge in [0.25, 0.3) is 0 Å². The number of urea groups is 1. The van der Waals surface area contributed by atoms with Crippen LogP contribution in [0.4, 0.5) is 10.6 Å². The third kappa shape index (κ3) is 2.41. The van der Waals surface area contributed by atoms with Crippen LogP contribution >= 0.6 is 0 Å². The van der Waals surface area contributed by atoms with E-state index in [2.05, 4.69) is 16.0 Å². The molecule has 0 spiro atoms. The van der Waals surface area contributed by atoms with Gasteiger partial charge < -0.3 is 5.11 Å². The van der Waals surface area contributed by atoms with E-state index in [1.807, 2.05) is 0 Å². The summed E-state index contributed by atoms with van der Waals surface area (Å²) in [6, 6.07) is 2.61. The van der Waals surface area contributed by atoms with Crippen molar-refractivity contribution >= 4 is 11.8 Å². The third-order valence-electron chi connectivity index (χ3n) is 3.48. The first-order valence-electron chi connectivity index (χ1n) is 6.42. The van der Waals surface area contributed by atoms with E-state index >= 15 is 0 Å². The van der Waals surface area contributed by atoms with Gasteiger partial charge >= 0.3 is 6.03 Å². The number of hydrogen-bond donors (Lipinski definition) is 1. The number of aliphatic hydroxyl groups excluding tert-OH is 1. The van der Waals surface area contributed by atoms with E-state index in [0.29, 0.717) is 5.69 Å². The Kier molecular flexibility index (Phi) is 3.80. The highest BCUT2D eigenvalue weighted by Gasteiger charge is 2.45. The molecule has 2 amide bonds. The Morgan fingerprint density at radius 3 is 2.67 bits per heavy atom. The minimum absolute atomic E-state index is 0.229. The molecule has 0 bridgehead atoms. The molecule has 112 valence electrons. The maximum absolute atomic E-state index is 12.2. The van der Waals surface area contributed by atoms with Crippen LogP contribution in [-0.4, -0.2) is 45.5 Å². The quantitative estimate of drug-likeness (QED) is 0.883. The Morgan fingerprint density at radius 2 is 2.14 bits per heavy atom. The summed E-state index contributed by atoms with van der Waals surface area (Å²) in [6.45, 7) is 5.09. The molecule has 2 atom stereocenters. The number of nitrogens with zero attached hydrogens (tertiary/aromatic N) is 5. The summed E-state index contributed by atoms with van der Waals surface area (Å²) in [5, 5.41) is 20.4. The predicted molar refractivity (Wildman–Crippen MR) is 72.9 cm³/mol. The number of hydroxylamine groups is 2. The fourth-order valence-corrected chi connectivity index (χ4v) is 2.09. The van der Waals surface area contributed by atoms with Gasteiger partial charge in [-0.1, -0.05) is 0 Å². The summed E-state index contributed by atoms with van der Waals surface area (Å²) < 4.78 is 0. The molecule has 1 fully saturated rings. The highest BCUT2D eigenvalue weighted by molar-refractivity contribution is 5.93. The van der Waals surface area contributed by atoms with Gasteiger partial charge in [-0.05, 0) is 20.8 Å². The molecule has 21 heavy (non-hydrogen) atoms. The Labute approximate surface area is 122 Å². The molecule has 1 saturated heterocycles. The second-order valence-electron chi connectivity index (χ2n) is 5.31. The average molecular weight is 291 g/mol. The number of hydrogen-bond acceptors (Lipinski definition) is 6. The topological polar surface area (TPSA) is 103 Å². The summed E-state index contributed by atoms with van der Waals surface area (Å²) >= 11 is 0. The second-order valence-corrected chi connectivity index (χ2v) is 5.31. The first-order valence-corrected chi connectivity index (χ1v) is 6.42. The normalized spacial score (nSPS) is 22.6. The molecule has 1 N–H and O–H groups in total. The zero-order valence-electron chi connectivity index (χ0n) is 12.3. The number of amides is 2. The van der Waals surface area contributed by atoms with Crippen LogP contribution in [0.2, 0.25) is 0 Å². The monoisotopic (exact) mass is 291 g/mol. The summed E-state index contributed by atoms with van der Waals surface area (Å²) in [5.41, 5.74) is -0.351. The minimum atomic E-state index is -1.09. The van der Waals surface area contributed by atoms with E-state index in [9.17, 15) is 9.90 Å². The largest absolute Gasteiger partial charge is 0.371 e. The zero-order valence-corrected chi connectivity index (χ0v) is 12.3. The van der Waals surface area contributed by atoms with Gasteiger partial charge in [0, 0.05) is 6.07 Å². The lowest BCUT2D eigenvalue weighted by Gasteiger charge is -2.21. The van der Waals surface area contributed by atoms with E-state index in [0.717, 1.165) is 9.96 Å². The van der Waals surface area contributed by atoms with Crippen LogP contribution in [0, 0.1) is 11.3 Å². The Hall–Kier alpha value is -2.24. The van der Waals surface area contributed by atoms with Crippen LogP contribution in [0.3, 0.4) is 0 Å². The molecule has 1 aliphatic heterocycles. The van der Waals surface area contributed by atoms with Crippen LogP contribution in [0.15, 0.2) is 12.4 Å². The number of nitriles is 1. The van der Waals surface area contributed by atoms with Crippen LogP contribution in [0.5, 0.6) is 0 Å².